The van der Waals surface area contributed by atoms with E-state index in [1.807, 2.05) is 0 Å². The summed E-state index contributed by atoms with van der Waals surface area (Å²) in [5.74, 6) is 0.236. The van der Waals surface area contributed by atoms with Crippen molar-refractivity contribution in [3.63, 3.8) is 0 Å². The van der Waals surface area contributed by atoms with E-state index in [1.165, 1.54) is 0 Å². The van der Waals surface area contributed by atoms with Crippen LogP contribution < -0.4 is 20.7 Å². The fraction of sp³-hybridized carbons (Fsp3) is 0.105. The fourth-order valence-corrected chi connectivity index (χ4v) is 3.08. The minimum atomic E-state index is -0.390. The van der Waals surface area contributed by atoms with Gasteiger partial charge in [-0.3, -0.25) is 14.9 Å². The third-order valence-electron chi connectivity index (χ3n) is 3.58. The lowest BCUT2D eigenvalue weighted by atomic mass is 10.2. The summed E-state index contributed by atoms with van der Waals surface area (Å²) >= 11 is 6.66. The molecule has 0 radical (unpaired) electrons. The molecule has 0 aliphatic carbocycles. The number of hydrogen-bond acceptors (Lipinski definition) is 5. The molecule has 0 unspecified atom stereocenters. The van der Waals surface area contributed by atoms with Crippen molar-refractivity contribution in [3.05, 3.63) is 64.0 Å². The average molecular weight is 418 g/mol. The summed E-state index contributed by atoms with van der Waals surface area (Å²) < 4.78 is 5.57. The Morgan fingerprint density at radius 2 is 1.82 bits per heavy atom. The molecular weight excluding hydrogens is 402 g/mol. The van der Waals surface area contributed by atoms with Crippen molar-refractivity contribution in [2.45, 2.75) is 0 Å². The summed E-state index contributed by atoms with van der Waals surface area (Å²) in [4.78, 5) is 34.8. The Bertz CT molecular complexity index is 914. The first-order valence-electron chi connectivity index (χ1n) is 8.28. The molecule has 1 fully saturated rings. The zero-order valence-electron chi connectivity index (χ0n) is 14.5. The Kier molecular flexibility index (Phi) is 6.57. The van der Waals surface area contributed by atoms with Crippen LogP contribution >= 0.6 is 23.4 Å². The van der Waals surface area contributed by atoms with Crippen molar-refractivity contribution in [2.24, 2.45) is 0 Å². The van der Waals surface area contributed by atoms with Crippen LogP contribution in [0.3, 0.4) is 0 Å². The molecule has 1 saturated heterocycles. The van der Waals surface area contributed by atoms with Crippen LogP contribution in [0.1, 0.15) is 5.56 Å². The number of anilines is 1. The van der Waals surface area contributed by atoms with E-state index in [0.29, 0.717) is 34.5 Å². The highest BCUT2D eigenvalue weighted by atomic mass is 35.5. The first kappa shape index (κ1) is 19.8. The van der Waals surface area contributed by atoms with Gasteiger partial charge in [-0.05, 0) is 59.8 Å². The Balaban J connectivity index is 1.41. The Morgan fingerprint density at radius 1 is 1.11 bits per heavy atom. The van der Waals surface area contributed by atoms with Gasteiger partial charge in [0, 0.05) is 10.7 Å². The smallest absolute Gasteiger partial charge is 0.319 e. The van der Waals surface area contributed by atoms with Crippen molar-refractivity contribution < 1.29 is 19.1 Å². The molecule has 9 heteroatoms. The van der Waals surface area contributed by atoms with Gasteiger partial charge in [0.05, 0.1) is 11.4 Å². The third kappa shape index (κ3) is 5.77. The number of carbonyl (C=O) groups excluding carboxylic acids is 3. The van der Waals surface area contributed by atoms with Crippen molar-refractivity contribution in [1.82, 2.24) is 10.6 Å². The highest BCUT2D eigenvalue weighted by molar-refractivity contribution is 8.18. The highest BCUT2D eigenvalue weighted by Crippen LogP contribution is 2.26. The third-order valence-corrected chi connectivity index (χ3v) is 4.64. The van der Waals surface area contributed by atoms with E-state index in [2.05, 4.69) is 16.0 Å². The second kappa shape index (κ2) is 9.29. The van der Waals surface area contributed by atoms with Crippen molar-refractivity contribution in [1.29, 1.82) is 0 Å². The number of amides is 4. The largest absolute Gasteiger partial charge is 0.492 e. The topological polar surface area (TPSA) is 96.5 Å². The molecular formula is C19H16ClN3O4S. The maximum Gasteiger partial charge on any atom is 0.319 e. The number of nitrogens with one attached hydrogen (secondary N) is 3. The van der Waals surface area contributed by atoms with Crippen LogP contribution in [0, 0.1) is 0 Å². The number of rotatable bonds is 6. The molecule has 0 saturated carbocycles. The van der Waals surface area contributed by atoms with Crippen molar-refractivity contribution in [3.8, 4) is 5.75 Å². The second-order valence-electron chi connectivity index (χ2n) is 5.66. The first-order valence-corrected chi connectivity index (χ1v) is 9.47. The average Bonchev–Trinajstić information content (AvgIpc) is 2.99. The van der Waals surface area contributed by atoms with E-state index in [1.54, 1.807) is 54.6 Å². The molecule has 2 aromatic rings. The van der Waals surface area contributed by atoms with E-state index in [9.17, 15) is 14.4 Å². The molecule has 4 amide bonds. The van der Waals surface area contributed by atoms with Crippen LogP contribution in [0.5, 0.6) is 5.75 Å². The van der Waals surface area contributed by atoms with Gasteiger partial charge in [-0.2, -0.15) is 0 Å². The number of carbonyl (C=O) groups is 3. The number of imide groups is 1. The molecule has 0 spiro atoms. The molecule has 144 valence electrons. The molecule has 1 aliphatic rings. The van der Waals surface area contributed by atoms with Gasteiger partial charge in [0.15, 0.2) is 0 Å². The number of thioether (sulfide) groups is 1. The Morgan fingerprint density at radius 3 is 2.46 bits per heavy atom. The Labute approximate surface area is 170 Å². The summed E-state index contributed by atoms with van der Waals surface area (Å²) in [6.07, 6.45) is 1.64. The zero-order valence-corrected chi connectivity index (χ0v) is 16.1. The second-order valence-corrected chi connectivity index (χ2v) is 7.11. The van der Waals surface area contributed by atoms with E-state index < -0.39 is 5.91 Å². The van der Waals surface area contributed by atoms with E-state index in [4.69, 9.17) is 16.3 Å². The number of hydrogen-bond donors (Lipinski definition) is 3. The van der Waals surface area contributed by atoms with Crippen LogP contribution in [-0.2, 0) is 4.79 Å². The van der Waals surface area contributed by atoms with Crippen LogP contribution in [0.25, 0.3) is 6.08 Å². The Hall–Kier alpha value is -2.97. The first-order chi connectivity index (χ1) is 13.5. The van der Waals surface area contributed by atoms with Crippen LogP contribution in [0.15, 0.2) is 53.4 Å². The van der Waals surface area contributed by atoms with Crippen LogP contribution in [0.4, 0.5) is 15.3 Å². The summed E-state index contributed by atoms with van der Waals surface area (Å²) in [7, 11) is 0. The molecule has 2 aromatic carbocycles. The van der Waals surface area contributed by atoms with Gasteiger partial charge in [-0.1, -0.05) is 23.7 Å². The summed E-state index contributed by atoms with van der Waals surface area (Å²) in [6, 6.07) is 13.5. The van der Waals surface area contributed by atoms with Crippen molar-refractivity contribution >= 4 is 52.3 Å². The molecule has 0 bridgehead atoms. The highest BCUT2D eigenvalue weighted by Gasteiger charge is 2.24. The van der Waals surface area contributed by atoms with Gasteiger partial charge < -0.3 is 15.4 Å². The lowest BCUT2D eigenvalue weighted by Crippen LogP contribution is -2.32. The number of benzene rings is 2. The predicted octanol–water partition coefficient (Wildman–Crippen LogP) is 3.86. The molecule has 3 rings (SSSR count). The quantitative estimate of drug-likeness (QED) is 0.489. The number of ether oxygens (including phenoxy) is 1. The van der Waals surface area contributed by atoms with Crippen molar-refractivity contribution in [2.75, 3.05) is 18.5 Å². The standard InChI is InChI=1S/C19H16ClN3O4S/c20-13-3-5-14(6-4-13)22-18(25)21-9-10-27-15-7-1-12(2-8-15)11-16-17(24)23-19(26)28-16/h1-8,11H,9-10H2,(H2,21,22,25)(H,23,24,26)/b16-11-. The maximum atomic E-state index is 11.8. The molecule has 0 atom stereocenters. The van der Waals surface area contributed by atoms with E-state index >= 15 is 0 Å². The zero-order chi connectivity index (χ0) is 19.9. The van der Waals surface area contributed by atoms with Gasteiger partial charge in [-0.15, -0.1) is 0 Å². The lowest BCUT2D eigenvalue weighted by molar-refractivity contribution is -0.115. The monoisotopic (exact) mass is 417 g/mol. The van der Waals surface area contributed by atoms with Gasteiger partial charge in [-0.25, -0.2) is 4.79 Å². The van der Waals surface area contributed by atoms with Gasteiger partial charge in [0.1, 0.15) is 12.4 Å². The molecule has 1 aliphatic heterocycles. The van der Waals surface area contributed by atoms with E-state index in [0.717, 1.165) is 17.3 Å². The minimum Gasteiger partial charge on any atom is -0.492 e. The summed E-state index contributed by atoms with van der Waals surface area (Å²) in [5, 5.41) is 7.81. The normalized spacial score (nSPS) is 14.7. The molecule has 3 N–H and O–H groups in total. The van der Waals surface area contributed by atoms with Gasteiger partial charge >= 0.3 is 6.03 Å². The van der Waals surface area contributed by atoms with E-state index in [-0.39, 0.29) is 11.3 Å². The summed E-state index contributed by atoms with van der Waals surface area (Å²) in [5.41, 5.74) is 1.42. The predicted molar refractivity (Wildman–Crippen MR) is 110 cm³/mol. The molecule has 28 heavy (non-hydrogen) atoms. The molecule has 7 nitrogen and oxygen atoms in total. The van der Waals surface area contributed by atoms with Gasteiger partial charge in [0.2, 0.25) is 0 Å². The van der Waals surface area contributed by atoms with Crippen LogP contribution in [-0.4, -0.2) is 30.3 Å². The minimum absolute atomic E-state index is 0.293. The number of urea groups is 1. The fourth-order valence-electron chi connectivity index (χ4n) is 2.27. The lowest BCUT2D eigenvalue weighted by Gasteiger charge is -2.09. The molecule has 1 heterocycles. The SMILES string of the molecule is O=C(NCCOc1ccc(/C=C2\SC(=O)NC2=O)cc1)Nc1ccc(Cl)cc1. The number of halogens is 1. The maximum absolute atomic E-state index is 11.8. The van der Waals surface area contributed by atoms with Crippen LogP contribution in [0.2, 0.25) is 5.02 Å². The van der Waals surface area contributed by atoms with Gasteiger partial charge in [0.25, 0.3) is 11.1 Å². The molecule has 0 aromatic heterocycles. The summed E-state index contributed by atoms with van der Waals surface area (Å²) in [6.45, 7) is 0.616.